The molecule has 1 N–H and O–H groups in total. The summed E-state index contributed by atoms with van der Waals surface area (Å²) in [5, 5.41) is 19.0. The highest BCUT2D eigenvalue weighted by Crippen LogP contribution is 2.22. The Morgan fingerprint density at radius 2 is 1.82 bits per heavy atom. The lowest BCUT2D eigenvalue weighted by Crippen LogP contribution is -3.07. The molecule has 0 bridgehead atoms. The first-order chi connectivity index (χ1) is 13.5. The number of aromatic nitrogens is 2. The van der Waals surface area contributed by atoms with Gasteiger partial charge >= 0.3 is 0 Å². The molecule has 0 amide bonds. The minimum atomic E-state index is -0.440. The van der Waals surface area contributed by atoms with E-state index in [1.807, 2.05) is 26.0 Å². The monoisotopic (exact) mass is 383 g/mol. The maximum atomic E-state index is 10.8. The molecule has 0 radical (unpaired) electrons. The molecule has 146 valence electrons. The van der Waals surface area contributed by atoms with E-state index in [1.54, 1.807) is 12.1 Å². The van der Waals surface area contributed by atoms with Gasteiger partial charge in [-0.25, -0.2) is 0 Å². The zero-order valence-electron chi connectivity index (χ0n) is 16.1. The van der Waals surface area contributed by atoms with Crippen molar-refractivity contribution in [3.63, 3.8) is 0 Å². The van der Waals surface area contributed by atoms with Crippen molar-refractivity contribution in [1.82, 2.24) is 10.2 Å². The summed E-state index contributed by atoms with van der Waals surface area (Å²) >= 11 is 0. The number of non-ortho nitro benzene ring substituents is 1. The molecule has 0 aliphatic heterocycles. The first kappa shape index (κ1) is 19.5. The average molecular weight is 383 g/mol. The molecule has 1 unspecified atom stereocenters. The third kappa shape index (κ3) is 4.52. The highest BCUT2D eigenvalue weighted by atomic mass is 16.6. The fourth-order valence-electron chi connectivity index (χ4n) is 2.81. The summed E-state index contributed by atoms with van der Waals surface area (Å²) in [5.74, 6) is 1.74. The minimum Gasteiger partial charge on any atom is -0.494 e. The normalized spacial score (nSPS) is 13.1. The summed E-state index contributed by atoms with van der Waals surface area (Å²) in [5.41, 5.74) is 1.86. The number of nitrogens with zero attached hydrogens (tertiary/aromatic N) is 3. The smallest absolute Gasteiger partial charge is 0.274 e. The van der Waals surface area contributed by atoms with Crippen molar-refractivity contribution in [3.05, 3.63) is 70.1 Å². The third-order valence-corrected chi connectivity index (χ3v) is 4.59. The average Bonchev–Trinajstić information content (AvgIpc) is 3.19. The lowest BCUT2D eigenvalue weighted by Gasteiger charge is -2.19. The van der Waals surface area contributed by atoms with Crippen molar-refractivity contribution in [2.24, 2.45) is 0 Å². The Balaban J connectivity index is 1.67. The number of hydrogen-bond acceptors (Lipinski definition) is 6. The van der Waals surface area contributed by atoms with E-state index >= 15 is 0 Å². The first-order valence-corrected chi connectivity index (χ1v) is 9.10. The quantitative estimate of drug-likeness (QED) is 0.475. The molecule has 1 aromatic heterocycles. The van der Waals surface area contributed by atoms with Crippen LogP contribution in [-0.4, -0.2) is 28.8 Å². The van der Waals surface area contributed by atoms with Crippen molar-refractivity contribution in [3.8, 4) is 17.2 Å². The first-order valence-electron chi connectivity index (χ1n) is 9.10. The third-order valence-electron chi connectivity index (χ3n) is 4.59. The molecule has 3 aromatic rings. The molecule has 8 heteroatoms. The molecule has 0 aliphatic carbocycles. The zero-order chi connectivity index (χ0) is 20.1. The van der Waals surface area contributed by atoms with Crippen molar-refractivity contribution in [1.29, 1.82) is 0 Å². The predicted molar refractivity (Wildman–Crippen MR) is 103 cm³/mol. The molecular weight excluding hydrogens is 360 g/mol. The zero-order valence-corrected chi connectivity index (χ0v) is 16.1. The van der Waals surface area contributed by atoms with Crippen LogP contribution in [0.15, 0.2) is 52.9 Å². The van der Waals surface area contributed by atoms with Crippen molar-refractivity contribution < 1.29 is 19.0 Å². The number of rotatable bonds is 8. The second-order valence-corrected chi connectivity index (χ2v) is 6.57. The SMILES string of the molecule is CCOc1ccc(C[NH+](C)[C@H](C)c2nnc(-c3ccc([N+](=O)[O-])cc3)o2)cc1. The Kier molecular flexibility index (Phi) is 6.00. The fourth-order valence-corrected chi connectivity index (χ4v) is 2.81. The van der Waals surface area contributed by atoms with Crippen LogP contribution in [0.25, 0.3) is 11.5 Å². The van der Waals surface area contributed by atoms with Gasteiger partial charge in [-0.2, -0.15) is 0 Å². The van der Waals surface area contributed by atoms with Gasteiger partial charge in [0, 0.05) is 23.3 Å². The van der Waals surface area contributed by atoms with E-state index in [9.17, 15) is 10.1 Å². The highest BCUT2D eigenvalue weighted by Gasteiger charge is 2.23. The van der Waals surface area contributed by atoms with Crippen LogP contribution in [0.5, 0.6) is 5.75 Å². The number of nitro groups is 1. The Bertz CT molecular complexity index is 922. The van der Waals surface area contributed by atoms with Gasteiger partial charge < -0.3 is 14.1 Å². The van der Waals surface area contributed by atoms with Crippen LogP contribution in [0.2, 0.25) is 0 Å². The van der Waals surface area contributed by atoms with E-state index in [0.29, 0.717) is 24.0 Å². The van der Waals surface area contributed by atoms with Crippen LogP contribution in [0, 0.1) is 10.1 Å². The van der Waals surface area contributed by atoms with Gasteiger partial charge in [0.2, 0.25) is 5.89 Å². The van der Waals surface area contributed by atoms with Gasteiger partial charge in [-0.3, -0.25) is 10.1 Å². The topological polar surface area (TPSA) is 95.7 Å². The molecule has 8 nitrogen and oxygen atoms in total. The van der Waals surface area contributed by atoms with E-state index in [4.69, 9.17) is 9.15 Å². The van der Waals surface area contributed by atoms with Gasteiger partial charge in [-0.15, -0.1) is 10.2 Å². The van der Waals surface area contributed by atoms with Crippen LogP contribution in [-0.2, 0) is 6.54 Å². The molecule has 0 aliphatic rings. The summed E-state index contributed by atoms with van der Waals surface area (Å²) < 4.78 is 11.3. The summed E-state index contributed by atoms with van der Waals surface area (Å²) in [6, 6.07) is 14.1. The van der Waals surface area contributed by atoms with Crippen LogP contribution in [0.4, 0.5) is 5.69 Å². The molecule has 1 heterocycles. The highest BCUT2D eigenvalue weighted by molar-refractivity contribution is 5.55. The maximum absolute atomic E-state index is 10.8. The Labute approximate surface area is 162 Å². The van der Waals surface area contributed by atoms with Gasteiger partial charge in [0.1, 0.15) is 12.3 Å². The lowest BCUT2D eigenvalue weighted by atomic mass is 10.2. The second-order valence-electron chi connectivity index (χ2n) is 6.57. The van der Waals surface area contributed by atoms with Gasteiger partial charge in [0.05, 0.1) is 18.6 Å². The Hall–Kier alpha value is -3.26. The van der Waals surface area contributed by atoms with Crippen molar-refractivity contribution >= 4 is 5.69 Å². The van der Waals surface area contributed by atoms with E-state index in [1.165, 1.54) is 22.6 Å². The lowest BCUT2D eigenvalue weighted by molar-refractivity contribution is -0.925. The van der Waals surface area contributed by atoms with Crippen molar-refractivity contribution in [2.45, 2.75) is 26.4 Å². The molecular formula is C20H23N4O4+. The van der Waals surface area contributed by atoms with Crippen molar-refractivity contribution in [2.75, 3.05) is 13.7 Å². The molecule has 0 spiro atoms. The summed E-state index contributed by atoms with van der Waals surface area (Å²) in [6.07, 6.45) is 0. The number of ether oxygens (including phenoxy) is 1. The summed E-state index contributed by atoms with van der Waals surface area (Å²) in [6.45, 7) is 5.43. The standard InChI is InChI=1S/C20H22N4O4/c1-4-27-18-11-5-15(6-12-18)13-23(3)14(2)19-21-22-20(28-19)16-7-9-17(10-8-16)24(25)26/h5-12,14H,4,13H2,1-3H3/p+1/t14-/m1/s1. The predicted octanol–water partition coefficient (Wildman–Crippen LogP) is 2.82. The second kappa shape index (κ2) is 8.62. The van der Waals surface area contributed by atoms with Gasteiger partial charge in [0.25, 0.3) is 11.6 Å². The molecule has 0 saturated carbocycles. The number of nitrogens with one attached hydrogen (secondary N) is 1. The minimum absolute atomic E-state index is 0.00846. The molecule has 2 atom stereocenters. The van der Waals surface area contributed by atoms with Crippen LogP contribution >= 0.6 is 0 Å². The molecule has 0 saturated heterocycles. The Morgan fingerprint density at radius 3 is 2.43 bits per heavy atom. The number of quaternary nitrogens is 1. The molecule has 2 aromatic carbocycles. The van der Waals surface area contributed by atoms with Gasteiger partial charge in [0.15, 0.2) is 6.04 Å². The Morgan fingerprint density at radius 1 is 1.14 bits per heavy atom. The maximum Gasteiger partial charge on any atom is 0.274 e. The van der Waals surface area contributed by atoms with E-state index in [2.05, 4.69) is 29.4 Å². The van der Waals surface area contributed by atoms with Gasteiger partial charge in [-0.1, -0.05) is 0 Å². The van der Waals surface area contributed by atoms with Crippen LogP contribution < -0.4 is 9.64 Å². The van der Waals surface area contributed by atoms with E-state index in [-0.39, 0.29) is 11.7 Å². The number of nitro benzene ring substituents is 1. The fraction of sp³-hybridized carbons (Fsp3) is 0.300. The van der Waals surface area contributed by atoms with E-state index < -0.39 is 4.92 Å². The molecule has 28 heavy (non-hydrogen) atoms. The number of benzene rings is 2. The van der Waals surface area contributed by atoms with Crippen LogP contribution in [0.3, 0.4) is 0 Å². The summed E-state index contributed by atoms with van der Waals surface area (Å²) in [7, 11) is 2.07. The summed E-state index contributed by atoms with van der Waals surface area (Å²) in [4.78, 5) is 11.5. The van der Waals surface area contributed by atoms with Gasteiger partial charge in [-0.05, 0) is 50.2 Å². The molecule has 3 rings (SSSR count). The molecule has 0 fully saturated rings. The number of hydrogen-bond donors (Lipinski definition) is 1. The largest absolute Gasteiger partial charge is 0.494 e. The van der Waals surface area contributed by atoms with Crippen LogP contribution in [0.1, 0.15) is 31.3 Å². The van der Waals surface area contributed by atoms with E-state index in [0.717, 1.165) is 12.3 Å².